The van der Waals surface area contributed by atoms with Gasteiger partial charge in [0.05, 0.1) is 13.2 Å². The molecule has 2 N–H and O–H groups in total. The van der Waals surface area contributed by atoms with E-state index in [1.807, 2.05) is 6.07 Å². The summed E-state index contributed by atoms with van der Waals surface area (Å²) < 4.78 is 4.95. The predicted molar refractivity (Wildman–Crippen MR) is 71.2 cm³/mol. The second-order valence-corrected chi connectivity index (χ2v) is 4.76. The van der Waals surface area contributed by atoms with Gasteiger partial charge in [0.1, 0.15) is 16.7 Å². The summed E-state index contributed by atoms with van der Waals surface area (Å²) in [6, 6.07) is 6.52. The van der Waals surface area contributed by atoms with Crippen molar-refractivity contribution in [3.05, 3.63) is 29.3 Å². The molecule has 0 saturated heterocycles. The lowest BCUT2D eigenvalue weighted by Gasteiger charge is -2.15. The molecular formula is C14H16N2O4. The van der Waals surface area contributed by atoms with Crippen LogP contribution in [0.4, 0.5) is 0 Å². The summed E-state index contributed by atoms with van der Waals surface area (Å²) >= 11 is 0. The number of hydrogen-bond donors (Lipinski definition) is 2. The maximum Gasteiger partial charge on any atom is 0.339 e. The third-order valence-corrected chi connectivity index (χ3v) is 2.79. The fourth-order valence-electron chi connectivity index (χ4n) is 1.49. The van der Waals surface area contributed by atoms with Crippen molar-refractivity contribution in [2.45, 2.75) is 20.4 Å². The van der Waals surface area contributed by atoms with Crippen molar-refractivity contribution in [1.82, 2.24) is 5.32 Å². The first kappa shape index (κ1) is 15.5. The van der Waals surface area contributed by atoms with E-state index in [0.29, 0.717) is 5.56 Å². The molecule has 6 nitrogen and oxygen atoms in total. The summed E-state index contributed by atoms with van der Waals surface area (Å²) in [4.78, 5) is 22.8. The lowest BCUT2D eigenvalue weighted by Crippen LogP contribution is -2.35. The van der Waals surface area contributed by atoms with Crippen LogP contribution in [0.25, 0.3) is 0 Å². The third-order valence-electron chi connectivity index (χ3n) is 2.79. The smallest absolute Gasteiger partial charge is 0.339 e. The van der Waals surface area contributed by atoms with Crippen LogP contribution in [0.2, 0.25) is 0 Å². The number of carbonyl (C=O) groups excluding carboxylic acids is 1. The Bertz CT molecular complexity index is 573. The number of rotatable bonds is 5. The van der Waals surface area contributed by atoms with E-state index >= 15 is 0 Å². The van der Waals surface area contributed by atoms with Gasteiger partial charge in [-0.25, -0.2) is 4.79 Å². The Morgan fingerprint density at radius 2 is 2.10 bits per heavy atom. The Morgan fingerprint density at radius 3 is 2.60 bits per heavy atom. The van der Waals surface area contributed by atoms with E-state index in [-0.39, 0.29) is 17.9 Å². The van der Waals surface area contributed by atoms with Crippen LogP contribution in [0.5, 0.6) is 5.75 Å². The van der Waals surface area contributed by atoms with E-state index in [9.17, 15) is 9.59 Å². The lowest BCUT2D eigenvalue weighted by molar-refractivity contribution is -0.126. The number of carboxylic acid groups (broad SMARTS) is 1. The van der Waals surface area contributed by atoms with Gasteiger partial charge in [0, 0.05) is 6.54 Å². The average molecular weight is 276 g/mol. The molecule has 1 rings (SSSR count). The number of nitriles is 1. The van der Waals surface area contributed by atoms with Gasteiger partial charge in [0.15, 0.2) is 0 Å². The van der Waals surface area contributed by atoms with Gasteiger partial charge in [0.25, 0.3) is 0 Å². The summed E-state index contributed by atoms with van der Waals surface area (Å²) in [7, 11) is 1.39. The van der Waals surface area contributed by atoms with Crippen LogP contribution in [0.1, 0.15) is 29.8 Å². The largest absolute Gasteiger partial charge is 0.496 e. The normalized spacial score (nSPS) is 10.5. The number of aromatic carboxylic acids is 1. The van der Waals surface area contributed by atoms with E-state index < -0.39 is 17.3 Å². The topological polar surface area (TPSA) is 99.4 Å². The Labute approximate surface area is 117 Å². The van der Waals surface area contributed by atoms with Gasteiger partial charge in [-0.2, -0.15) is 5.26 Å². The number of amides is 1. The molecule has 0 bridgehead atoms. The van der Waals surface area contributed by atoms with E-state index in [4.69, 9.17) is 15.1 Å². The van der Waals surface area contributed by atoms with Crippen LogP contribution in [-0.2, 0) is 11.3 Å². The van der Waals surface area contributed by atoms with E-state index in [1.54, 1.807) is 6.07 Å². The van der Waals surface area contributed by atoms with Crippen LogP contribution in [0, 0.1) is 16.7 Å². The maximum absolute atomic E-state index is 11.7. The molecule has 0 heterocycles. The standard InChI is InChI=1S/C14H16N2O4/c1-14(2,8-15)13(19)16-7-9-4-5-11(20-3)10(6-9)12(17)18/h4-6H,7H2,1-3H3,(H,16,19)(H,17,18). The zero-order chi connectivity index (χ0) is 15.3. The Balaban J connectivity index is 2.85. The average Bonchev–Trinajstić information content (AvgIpc) is 2.44. The van der Waals surface area contributed by atoms with Crippen molar-refractivity contribution in [2.24, 2.45) is 5.41 Å². The van der Waals surface area contributed by atoms with Gasteiger partial charge < -0.3 is 15.2 Å². The van der Waals surface area contributed by atoms with Crippen molar-refractivity contribution in [2.75, 3.05) is 7.11 Å². The molecule has 0 spiro atoms. The molecule has 0 aromatic heterocycles. The Kier molecular flexibility index (Phi) is 4.70. The molecule has 6 heteroatoms. The van der Waals surface area contributed by atoms with E-state index in [2.05, 4.69) is 5.32 Å². The van der Waals surface area contributed by atoms with Crippen LogP contribution >= 0.6 is 0 Å². The molecular weight excluding hydrogens is 260 g/mol. The summed E-state index contributed by atoms with van der Waals surface area (Å²) in [6.45, 7) is 3.17. The zero-order valence-electron chi connectivity index (χ0n) is 11.6. The second kappa shape index (κ2) is 6.06. The molecule has 1 aromatic carbocycles. The summed E-state index contributed by atoms with van der Waals surface area (Å²) in [5.74, 6) is -1.26. The van der Waals surface area contributed by atoms with Gasteiger partial charge in [-0.1, -0.05) is 6.07 Å². The zero-order valence-corrected chi connectivity index (χ0v) is 11.6. The molecule has 0 aliphatic carbocycles. The molecule has 0 fully saturated rings. The maximum atomic E-state index is 11.7. The van der Waals surface area contributed by atoms with Gasteiger partial charge in [0.2, 0.25) is 5.91 Å². The highest BCUT2D eigenvalue weighted by Gasteiger charge is 2.26. The van der Waals surface area contributed by atoms with Crippen LogP contribution < -0.4 is 10.1 Å². The van der Waals surface area contributed by atoms with Crippen LogP contribution in [0.3, 0.4) is 0 Å². The van der Waals surface area contributed by atoms with Crippen molar-refractivity contribution in [1.29, 1.82) is 5.26 Å². The van der Waals surface area contributed by atoms with E-state index in [0.717, 1.165) is 0 Å². The Hall–Kier alpha value is -2.55. The van der Waals surface area contributed by atoms with Crippen molar-refractivity contribution in [3.8, 4) is 11.8 Å². The predicted octanol–water partition coefficient (Wildman–Crippen LogP) is 1.56. The number of nitrogens with one attached hydrogen (secondary N) is 1. The number of ether oxygens (including phenoxy) is 1. The minimum absolute atomic E-state index is 0.0267. The van der Waals surface area contributed by atoms with Crippen LogP contribution in [0.15, 0.2) is 18.2 Å². The summed E-state index contributed by atoms with van der Waals surface area (Å²) in [5, 5.41) is 20.5. The Morgan fingerprint density at radius 1 is 1.45 bits per heavy atom. The fraction of sp³-hybridized carbons (Fsp3) is 0.357. The second-order valence-electron chi connectivity index (χ2n) is 4.76. The monoisotopic (exact) mass is 276 g/mol. The minimum atomic E-state index is -1.12. The number of nitrogens with zero attached hydrogens (tertiary/aromatic N) is 1. The molecule has 0 saturated carbocycles. The highest BCUT2D eigenvalue weighted by molar-refractivity contribution is 5.91. The highest BCUT2D eigenvalue weighted by Crippen LogP contribution is 2.20. The lowest BCUT2D eigenvalue weighted by atomic mass is 9.94. The van der Waals surface area contributed by atoms with Gasteiger partial charge in [-0.05, 0) is 31.5 Å². The first-order chi connectivity index (χ1) is 9.31. The molecule has 0 radical (unpaired) electrons. The quantitative estimate of drug-likeness (QED) is 0.850. The summed E-state index contributed by atoms with van der Waals surface area (Å²) in [5.41, 5.74) is -0.480. The van der Waals surface area contributed by atoms with Crippen molar-refractivity contribution >= 4 is 11.9 Å². The molecule has 20 heavy (non-hydrogen) atoms. The SMILES string of the molecule is COc1ccc(CNC(=O)C(C)(C)C#N)cc1C(=O)O. The number of carbonyl (C=O) groups is 2. The van der Waals surface area contributed by atoms with Gasteiger partial charge >= 0.3 is 5.97 Å². The van der Waals surface area contributed by atoms with Gasteiger partial charge in [-0.3, -0.25) is 4.79 Å². The third kappa shape index (κ3) is 3.48. The molecule has 106 valence electrons. The first-order valence-electron chi connectivity index (χ1n) is 5.91. The highest BCUT2D eigenvalue weighted by atomic mass is 16.5. The number of methoxy groups -OCH3 is 1. The molecule has 0 atom stereocenters. The molecule has 0 aliphatic rings. The van der Waals surface area contributed by atoms with E-state index in [1.165, 1.54) is 33.1 Å². The first-order valence-corrected chi connectivity index (χ1v) is 5.91. The fourth-order valence-corrected chi connectivity index (χ4v) is 1.49. The van der Waals surface area contributed by atoms with Crippen LogP contribution in [-0.4, -0.2) is 24.1 Å². The van der Waals surface area contributed by atoms with Crippen molar-refractivity contribution < 1.29 is 19.4 Å². The number of carboxylic acids is 1. The molecule has 0 unspecified atom stereocenters. The number of hydrogen-bond acceptors (Lipinski definition) is 4. The summed E-state index contributed by atoms with van der Waals surface area (Å²) in [6.07, 6.45) is 0. The van der Waals surface area contributed by atoms with Gasteiger partial charge in [-0.15, -0.1) is 0 Å². The van der Waals surface area contributed by atoms with Crippen molar-refractivity contribution in [3.63, 3.8) is 0 Å². The molecule has 1 aromatic rings. The molecule has 1 amide bonds. The molecule has 0 aliphatic heterocycles. The number of benzene rings is 1. The minimum Gasteiger partial charge on any atom is -0.496 e.